The molecule has 0 amide bonds. The molecule has 2 N–H and O–H groups in total. The van der Waals surface area contributed by atoms with Gasteiger partial charge < -0.3 is 15.5 Å². The van der Waals surface area contributed by atoms with Crippen molar-refractivity contribution >= 4 is 11.8 Å². The summed E-state index contributed by atoms with van der Waals surface area (Å²) in [5, 5.41) is 6.45. The van der Waals surface area contributed by atoms with Crippen molar-refractivity contribution < 1.29 is 0 Å². The lowest BCUT2D eigenvalue weighted by Gasteiger charge is -2.20. The zero-order valence-corrected chi connectivity index (χ0v) is 12.4. The summed E-state index contributed by atoms with van der Waals surface area (Å²) in [6.07, 6.45) is 3.13. The van der Waals surface area contributed by atoms with Crippen molar-refractivity contribution in [3.05, 3.63) is 11.8 Å². The van der Waals surface area contributed by atoms with Crippen LogP contribution >= 0.6 is 0 Å². The summed E-state index contributed by atoms with van der Waals surface area (Å²) in [4.78, 5) is 11.2. The van der Waals surface area contributed by atoms with Crippen LogP contribution in [0.1, 0.15) is 25.8 Å². The minimum Gasteiger partial charge on any atom is -0.369 e. The minimum atomic E-state index is 0.654. The highest BCUT2D eigenvalue weighted by molar-refractivity contribution is 5.46. The van der Waals surface area contributed by atoms with Crippen molar-refractivity contribution in [1.82, 2.24) is 14.9 Å². The van der Waals surface area contributed by atoms with Gasteiger partial charge in [-0.15, -0.1) is 0 Å². The first-order chi connectivity index (χ1) is 9.10. The normalized spacial score (nSPS) is 19.9. The molecule has 0 aromatic carbocycles. The molecule has 0 radical (unpaired) electrons. The number of aromatic nitrogens is 2. The molecule has 1 aliphatic heterocycles. The van der Waals surface area contributed by atoms with Crippen LogP contribution in [-0.4, -0.2) is 47.6 Å². The molecule has 19 heavy (non-hydrogen) atoms. The molecule has 5 nitrogen and oxygen atoms in total. The number of nitrogens with one attached hydrogen (secondary N) is 2. The second-order valence-electron chi connectivity index (χ2n) is 5.60. The maximum atomic E-state index is 4.46. The van der Waals surface area contributed by atoms with Gasteiger partial charge >= 0.3 is 0 Å². The summed E-state index contributed by atoms with van der Waals surface area (Å²) in [5.41, 5.74) is 1.10. The maximum absolute atomic E-state index is 4.46. The lowest BCUT2D eigenvalue weighted by atomic mass is 10.1. The fourth-order valence-corrected chi connectivity index (χ4v) is 2.48. The Morgan fingerprint density at radius 1 is 1.47 bits per heavy atom. The Labute approximate surface area is 115 Å². The zero-order valence-electron chi connectivity index (χ0n) is 12.4. The van der Waals surface area contributed by atoms with Crippen molar-refractivity contribution in [2.45, 2.75) is 33.2 Å². The van der Waals surface area contributed by atoms with E-state index in [9.17, 15) is 0 Å². The van der Waals surface area contributed by atoms with Gasteiger partial charge in [-0.05, 0) is 39.7 Å². The first kappa shape index (κ1) is 14.1. The van der Waals surface area contributed by atoms with Gasteiger partial charge in [-0.2, -0.15) is 4.98 Å². The highest BCUT2D eigenvalue weighted by atomic mass is 15.2. The number of likely N-dealkylation sites (tertiary alicyclic amines) is 1. The number of anilines is 2. The Morgan fingerprint density at radius 3 is 2.89 bits per heavy atom. The third-order valence-corrected chi connectivity index (χ3v) is 3.80. The predicted molar refractivity (Wildman–Crippen MR) is 79.6 cm³/mol. The van der Waals surface area contributed by atoms with E-state index in [-0.39, 0.29) is 0 Å². The molecule has 0 aliphatic carbocycles. The van der Waals surface area contributed by atoms with Crippen LogP contribution in [0.15, 0.2) is 6.20 Å². The standard InChI is InChI=1S/C14H25N5/c1-10(2)19-6-5-12(9-19)8-16-13-11(3)7-17-14(15-4)18-13/h7,10,12H,5-6,8-9H2,1-4H3,(H2,15,16,17,18). The van der Waals surface area contributed by atoms with E-state index in [1.54, 1.807) is 0 Å². The lowest BCUT2D eigenvalue weighted by molar-refractivity contribution is 0.266. The van der Waals surface area contributed by atoms with Gasteiger partial charge in [-0.3, -0.25) is 0 Å². The van der Waals surface area contributed by atoms with E-state index in [4.69, 9.17) is 0 Å². The van der Waals surface area contributed by atoms with Gasteiger partial charge in [0.05, 0.1) is 0 Å². The minimum absolute atomic E-state index is 0.654. The largest absolute Gasteiger partial charge is 0.369 e. The van der Waals surface area contributed by atoms with E-state index in [1.165, 1.54) is 19.5 Å². The molecule has 1 aromatic heterocycles. The number of hydrogen-bond donors (Lipinski definition) is 2. The molecular formula is C14H25N5. The molecule has 0 saturated carbocycles. The number of rotatable bonds is 5. The monoisotopic (exact) mass is 263 g/mol. The highest BCUT2D eigenvalue weighted by Gasteiger charge is 2.24. The van der Waals surface area contributed by atoms with E-state index in [0.717, 1.165) is 23.8 Å². The molecule has 1 atom stereocenters. The van der Waals surface area contributed by atoms with E-state index in [0.29, 0.717) is 12.0 Å². The maximum Gasteiger partial charge on any atom is 0.224 e. The fourth-order valence-electron chi connectivity index (χ4n) is 2.48. The van der Waals surface area contributed by atoms with Crippen molar-refractivity contribution in [2.24, 2.45) is 5.92 Å². The van der Waals surface area contributed by atoms with Crippen LogP contribution in [-0.2, 0) is 0 Å². The second-order valence-corrected chi connectivity index (χ2v) is 5.60. The molecule has 0 bridgehead atoms. The molecule has 5 heteroatoms. The molecule has 0 spiro atoms. The average molecular weight is 263 g/mol. The first-order valence-electron chi connectivity index (χ1n) is 7.09. The van der Waals surface area contributed by atoms with Crippen LogP contribution in [0.4, 0.5) is 11.8 Å². The topological polar surface area (TPSA) is 53.1 Å². The van der Waals surface area contributed by atoms with Crippen LogP contribution < -0.4 is 10.6 Å². The van der Waals surface area contributed by atoms with Gasteiger partial charge in [0, 0.05) is 37.9 Å². The lowest BCUT2D eigenvalue weighted by Crippen LogP contribution is -2.29. The Balaban J connectivity index is 1.89. The van der Waals surface area contributed by atoms with Gasteiger partial charge in [0.1, 0.15) is 5.82 Å². The second kappa shape index (κ2) is 6.19. The van der Waals surface area contributed by atoms with E-state index in [2.05, 4.69) is 39.3 Å². The van der Waals surface area contributed by atoms with Crippen LogP contribution in [0.2, 0.25) is 0 Å². The van der Waals surface area contributed by atoms with Gasteiger partial charge in [-0.25, -0.2) is 4.98 Å². The van der Waals surface area contributed by atoms with Gasteiger partial charge in [0.15, 0.2) is 0 Å². The third-order valence-electron chi connectivity index (χ3n) is 3.80. The van der Waals surface area contributed by atoms with Crippen LogP contribution in [0.3, 0.4) is 0 Å². The molecule has 1 fully saturated rings. The van der Waals surface area contributed by atoms with E-state index < -0.39 is 0 Å². The number of hydrogen-bond acceptors (Lipinski definition) is 5. The number of nitrogens with zero attached hydrogens (tertiary/aromatic N) is 3. The molecule has 1 saturated heterocycles. The predicted octanol–water partition coefficient (Wildman–Crippen LogP) is 1.97. The first-order valence-corrected chi connectivity index (χ1v) is 7.09. The summed E-state index contributed by atoms with van der Waals surface area (Å²) in [6, 6.07) is 0.654. The van der Waals surface area contributed by atoms with Gasteiger partial charge in [0.2, 0.25) is 5.95 Å². The summed E-state index contributed by atoms with van der Waals surface area (Å²) in [5.74, 6) is 2.33. The SMILES string of the molecule is CNc1ncc(C)c(NCC2CCN(C(C)C)C2)n1. The Hall–Kier alpha value is -1.36. The molecule has 2 heterocycles. The van der Waals surface area contributed by atoms with E-state index >= 15 is 0 Å². The average Bonchev–Trinajstić information content (AvgIpc) is 2.87. The summed E-state index contributed by atoms with van der Waals surface area (Å²) < 4.78 is 0. The van der Waals surface area contributed by atoms with Gasteiger partial charge in [0.25, 0.3) is 0 Å². The van der Waals surface area contributed by atoms with Crippen molar-refractivity contribution in [3.63, 3.8) is 0 Å². The third kappa shape index (κ3) is 3.56. The Kier molecular flexibility index (Phi) is 4.58. The summed E-state index contributed by atoms with van der Waals surface area (Å²) >= 11 is 0. The van der Waals surface area contributed by atoms with Crippen molar-refractivity contribution in [3.8, 4) is 0 Å². The Morgan fingerprint density at radius 2 is 2.26 bits per heavy atom. The molecule has 2 rings (SSSR count). The summed E-state index contributed by atoms with van der Waals surface area (Å²) in [6.45, 7) is 9.97. The van der Waals surface area contributed by atoms with Crippen molar-refractivity contribution in [2.75, 3.05) is 37.3 Å². The van der Waals surface area contributed by atoms with Crippen molar-refractivity contribution in [1.29, 1.82) is 0 Å². The Bertz CT molecular complexity index is 418. The van der Waals surface area contributed by atoms with Gasteiger partial charge in [-0.1, -0.05) is 0 Å². The molecule has 106 valence electrons. The molecule has 1 unspecified atom stereocenters. The summed E-state index contributed by atoms with van der Waals surface area (Å²) in [7, 11) is 1.84. The zero-order chi connectivity index (χ0) is 13.8. The quantitative estimate of drug-likeness (QED) is 0.850. The van der Waals surface area contributed by atoms with Crippen LogP contribution in [0.25, 0.3) is 0 Å². The molecule has 1 aromatic rings. The van der Waals surface area contributed by atoms with E-state index in [1.807, 2.05) is 20.2 Å². The molecule has 1 aliphatic rings. The molecular weight excluding hydrogens is 238 g/mol. The van der Waals surface area contributed by atoms with Crippen LogP contribution in [0, 0.1) is 12.8 Å². The van der Waals surface area contributed by atoms with Crippen LogP contribution in [0.5, 0.6) is 0 Å². The highest BCUT2D eigenvalue weighted by Crippen LogP contribution is 2.20. The smallest absolute Gasteiger partial charge is 0.224 e. The number of aryl methyl sites for hydroxylation is 1. The fraction of sp³-hybridized carbons (Fsp3) is 0.714.